The molecule has 4 N–H and O–H groups in total. The fraction of sp³-hybridized carbons (Fsp3) is 0.667. The lowest BCUT2D eigenvalue weighted by molar-refractivity contribution is -0.0522. The van der Waals surface area contributed by atoms with Gasteiger partial charge in [0.2, 0.25) is 0 Å². The quantitative estimate of drug-likeness (QED) is 0.506. The van der Waals surface area contributed by atoms with Gasteiger partial charge in [-0.1, -0.05) is 0 Å². The number of fused-ring (bicyclic) bond motifs is 1. The van der Waals surface area contributed by atoms with Gasteiger partial charge in [-0.3, -0.25) is 9.98 Å². The summed E-state index contributed by atoms with van der Waals surface area (Å²) in [5.74, 6) is 0.932. The first-order valence-electron chi connectivity index (χ1n) is 6.66. The third-order valence-corrected chi connectivity index (χ3v) is 3.95. The Labute approximate surface area is 121 Å². The van der Waals surface area contributed by atoms with Gasteiger partial charge in [0.1, 0.15) is 29.8 Å². The summed E-state index contributed by atoms with van der Waals surface area (Å²) < 4.78 is 7.12. The Morgan fingerprint density at radius 3 is 2.67 bits per heavy atom. The molecule has 0 saturated carbocycles. The van der Waals surface area contributed by atoms with Crippen LogP contribution < -0.4 is 4.90 Å². The fourth-order valence-corrected chi connectivity index (χ4v) is 2.83. The number of anilines is 1. The lowest BCUT2D eigenvalue weighted by atomic mass is 10.1. The summed E-state index contributed by atoms with van der Waals surface area (Å²) in [5, 5.41) is 37.2. The van der Waals surface area contributed by atoms with Crippen LogP contribution >= 0.6 is 0 Å². The highest BCUT2D eigenvalue weighted by atomic mass is 16.6. The van der Waals surface area contributed by atoms with Crippen molar-refractivity contribution in [3.05, 3.63) is 12.0 Å². The van der Waals surface area contributed by atoms with Crippen LogP contribution in [0, 0.1) is 5.41 Å². The van der Waals surface area contributed by atoms with Crippen molar-refractivity contribution in [3.8, 4) is 0 Å². The monoisotopic (exact) mass is 297 g/mol. The standard InChI is InChI=1S/C12H19N5O4/c1-15-5-16(2)11-7(10(15)13)14-4-17(11)12-9(20)8(19)6(3-18)21-12/h4,6,8-9,12-13,18-20H,3,5H2,1-2H3/t6-,8-,9-,12-/m1/s1. The van der Waals surface area contributed by atoms with E-state index in [4.69, 9.17) is 15.3 Å². The molecule has 1 fully saturated rings. The summed E-state index contributed by atoms with van der Waals surface area (Å²) in [6.45, 7) is 0.131. The van der Waals surface area contributed by atoms with E-state index in [0.29, 0.717) is 18.2 Å². The second-order valence-electron chi connectivity index (χ2n) is 5.44. The molecule has 1 saturated heterocycles. The Morgan fingerprint density at radius 1 is 1.33 bits per heavy atom. The van der Waals surface area contributed by atoms with E-state index in [1.54, 1.807) is 16.5 Å². The van der Waals surface area contributed by atoms with Crippen LogP contribution in [0.2, 0.25) is 0 Å². The molecule has 1 aromatic heterocycles. The van der Waals surface area contributed by atoms with Gasteiger partial charge in [-0.25, -0.2) is 4.98 Å². The minimum absolute atomic E-state index is 0.286. The van der Waals surface area contributed by atoms with Crippen molar-refractivity contribution >= 4 is 11.7 Å². The number of nitrogens with one attached hydrogen (secondary N) is 1. The highest BCUT2D eigenvalue weighted by Crippen LogP contribution is 2.35. The van der Waals surface area contributed by atoms with E-state index in [0.717, 1.165) is 0 Å². The number of aromatic nitrogens is 2. The number of ether oxygens (including phenoxy) is 1. The number of hydrogen-bond donors (Lipinski definition) is 4. The molecule has 116 valence electrons. The molecular weight excluding hydrogens is 278 g/mol. The first-order valence-corrected chi connectivity index (χ1v) is 6.66. The molecule has 4 atom stereocenters. The average Bonchev–Trinajstić information content (AvgIpc) is 3.00. The Morgan fingerprint density at radius 2 is 2.05 bits per heavy atom. The minimum atomic E-state index is -1.16. The molecule has 2 aliphatic rings. The van der Waals surface area contributed by atoms with Gasteiger partial charge >= 0.3 is 0 Å². The summed E-state index contributed by atoms with van der Waals surface area (Å²) >= 11 is 0. The van der Waals surface area contributed by atoms with Crippen LogP contribution in [0.5, 0.6) is 0 Å². The SMILES string of the molecule is CN1CN(C)c2c(ncn2[C@@H]2O[C@H](CO)[C@@H](O)[C@H]2O)C1=N. The van der Waals surface area contributed by atoms with Crippen molar-refractivity contribution in [3.63, 3.8) is 0 Å². The predicted molar refractivity (Wildman–Crippen MR) is 73.1 cm³/mol. The first kappa shape index (κ1) is 14.3. The van der Waals surface area contributed by atoms with Crippen LogP contribution in [0.3, 0.4) is 0 Å². The number of amidine groups is 1. The van der Waals surface area contributed by atoms with Crippen molar-refractivity contribution < 1.29 is 20.1 Å². The minimum Gasteiger partial charge on any atom is -0.394 e. The second-order valence-corrected chi connectivity index (χ2v) is 5.44. The van der Waals surface area contributed by atoms with Gasteiger partial charge in [-0.05, 0) is 0 Å². The maximum absolute atomic E-state index is 10.1. The smallest absolute Gasteiger partial charge is 0.165 e. The molecule has 3 heterocycles. The Hall–Kier alpha value is -1.68. The number of rotatable bonds is 2. The lowest BCUT2D eigenvalue weighted by Crippen LogP contribution is -2.44. The van der Waals surface area contributed by atoms with Gasteiger partial charge in [-0.15, -0.1) is 0 Å². The van der Waals surface area contributed by atoms with Gasteiger partial charge in [0, 0.05) is 14.1 Å². The van der Waals surface area contributed by atoms with Crippen LogP contribution in [-0.4, -0.2) is 81.3 Å². The average molecular weight is 297 g/mol. The van der Waals surface area contributed by atoms with E-state index in [-0.39, 0.29) is 12.4 Å². The molecular formula is C12H19N5O4. The molecule has 1 aromatic rings. The zero-order chi connectivity index (χ0) is 15.3. The van der Waals surface area contributed by atoms with Crippen LogP contribution in [-0.2, 0) is 4.74 Å². The van der Waals surface area contributed by atoms with Crippen molar-refractivity contribution in [2.24, 2.45) is 0 Å². The van der Waals surface area contributed by atoms with Gasteiger partial charge in [0.15, 0.2) is 12.1 Å². The van der Waals surface area contributed by atoms with Crippen molar-refractivity contribution in [2.75, 3.05) is 32.3 Å². The van der Waals surface area contributed by atoms with E-state index in [1.807, 2.05) is 11.9 Å². The summed E-state index contributed by atoms with van der Waals surface area (Å²) in [6, 6.07) is 0. The molecule has 0 aliphatic carbocycles. The van der Waals surface area contributed by atoms with Gasteiger partial charge in [0.25, 0.3) is 0 Å². The molecule has 0 spiro atoms. The topological polar surface area (TPSA) is 118 Å². The fourth-order valence-electron chi connectivity index (χ4n) is 2.83. The van der Waals surface area contributed by atoms with E-state index >= 15 is 0 Å². The number of aliphatic hydroxyl groups excluding tert-OH is 3. The summed E-state index contributed by atoms with van der Waals surface area (Å²) in [4.78, 5) is 7.84. The largest absolute Gasteiger partial charge is 0.394 e. The van der Waals surface area contributed by atoms with Gasteiger partial charge in [-0.2, -0.15) is 0 Å². The van der Waals surface area contributed by atoms with Crippen molar-refractivity contribution in [1.82, 2.24) is 14.5 Å². The summed E-state index contributed by atoms with van der Waals surface area (Å²) in [5.41, 5.74) is 0.490. The second kappa shape index (κ2) is 4.95. The van der Waals surface area contributed by atoms with Crippen LogP contribution in [0.15, 0.2) is 6.33 Å². The van der Waals surface area contributed by atoms with E-state index in [1.165, 1.54) is 6.33 Å². The molecule has 3 rings (SSSR count). The number of imidazole rings is 1. The number of nitrogens with zero attached hydrogens (tertiary/aromatic N) is 4. The third-order valence-electron chi connectivity index (χ3n) is 3.95. The molecule has 0 bridgehead atoms. The molecule has 9 nitrogen and oxygen atoms in total. The Kier molecular flexibility index (Phi) is 3.36. The van der Waals surface area contributed by atoms with E-state index < -0.39 is 24.5 Å². The number of hydrogen-bond acceptors (Lipinski definition) is 7. The number of aliphatic hydroxyl groups is 3. The molecule has 0 radical (unpaired) electrons. The van der Waals surface area contributed by atoms with Gasteiger partial charge in [0.05, 0.1) is 19.6 Å². The molecule has 0 aromatic carbocycles. The van der Waals surface area contributed by atoms with E-state index in [9.17, 15) is 10.2 Å². The molecule has 2 aliphatic heterocycles. The predicted octanol–water partition coefficient (Wildman–Crippen LogP) is -1.84. The first-order chi connectivity index (χ1) is 9.95. The molecule has 9 heteroatoms. The van der Waals surface area contributed by atoms with Crippen molar-refractivity contribution in [2.45, 2.75) is 24.5 Å². The summed E-state index contributed by atoms with van der Waals surface area (Å²) in [7, 11) is 3.65. The highest BCUT2D eigenvalue weighted by molar-refractivity contribution is 6.00. The molecule has 0 unspecified atom stereocenters. The van der Waals surface area contributed by atoms with E-state index in [2.05, 4.69) is 4.98 Å². The maximum Gasteiger partial charge on any atom is 0.165 e. The van der Waals surface area contributed by atoms with Crippen LogP contribution in [0.25, 0.3) is 0 Å². The third kappa shape index (κ3) is 2.01. The highest BCUT2D eigenvalue weighted by Gasteiger charge is 2.45. The Bertz CT molecular complexity index is 562. The summed E-state index contributed by atoms with van der Waals surface area (Å²) in [6.07, 6.45) is -2.52. The maximum atomic E-state index is 10.1. The zero-order valence-corrected chi connectivity index (χ0v) is 11.8. The lowest BCUT2D eigenvalue weighted by Gasteiger charge is -2.34. The van der Waals surface area contributed by atoms with Crippen LogP contribution in [0.1, 0.15) is 11.9 Å². The molecule has 0 amide bonds. The normalized spacial score (nSPS) is 32.7. The molecule has 21 heavy (non-hydrogen) atoms. The van der Waals surface area contributed by atoms with Crippen molar-refractivity contribution in [1.29, 1.82) is 5.41 Å². The van der Waals surface area contributed by atoms with Gasteiger partial charge < -0.3 is 29.9 Å². The zero-order valence-electron chi connectivity index (χ0n) is 11.8. The Balaban J connectivity index is 1.99. The van der Waals surface area contributed by atoms with Crippen LogP contribution in [0.4, 0.5) is 5.82 Å².